The average molecular weight is 454 g/mol. The highest BCUT2D eigenvalue weighted by atomic mass is 19.1. The summed E-state index contributed by atoms with van der Waals surface area (Å²) >= 11 is 0. The summed E-state index contributed by atoms with van der Waals surface area (Å²) in [6, 6.07) is 5.52. The van der Waals surface area contributed by atoms with Crippen molar-refractivity contribution in [3.8, 4) is 11.8 Å². The molecule has 3 aliphatic rings. The average Bonchev–Trinajstić information content (AvgIpc) is 3.13. The molecule has 0 N–H and O–H groups in total. The fourth-order valence-electron chi connectivity index (χ4n) is 5.05. The van der Waals surface area contributed by atoms with E-state index < -0.39 is 0 Å². The normalized spacial score (nSPS) is 22.3. The molecule has 3 saturated heterocycles. The topological polar surface area (TPSA) is 65.3 Å². The Hall–Kier alpha value is -2.74. The van der Waals surface area contributed by atoms with Gasteiger partial charge in [-0.2, -0.15) is 9.97 Å². The summed E-state index contributed by atoms with van der Waals surface area (Å²) in [5, 5.41) is 0. The van der Waals surface area contributed by atoms with E-state index in [-0.39, 0.29) is 11.9 Å². The zero-order valence-corrected chi connectivity index (χ0v) is 19.8. The number of ether oxygens (including phenoxy) is 2. The summed E-state index contributed by atoms with van der Waals surface area (Å²) in [6.45, 7) is 9.77. The number of methoxy groups -OCH3 is 1. The van der Waals surface area contributed by atoms with Crippen molar-refractivity contribution in [3.63, 3.8) is 0 Å². The van der Waals surface area contributed by atoms with Crippen molar-refractivity contribution in [1.29, 1.82) is 0 Å². The molecule has 176 valence electrons. The second kappa shape index (κ2) is 8.89. The van der Waals surface area contributed by atoms with Gasteiger partial charge in [-0.25, -0.2) is 9.37 Å². The van der Waals surface area contributed by atoms with Crippen LogP contribution in [0.2, 0.25) is 0 Å². The molecular weight excluding hydrogens is 421 g/mol. The zero-order chi connectivity index (χ0) is 23.1. The van der Waals surface area contributed by atoms with Gasteiger partial charge in [0.1, 0.15) is 29.0 Å². The molecule has 2 bridgehead atoms. The minimum Gasteiger partial charge on any atom is -0.489 e. The monoisotopic (exact) mass is 453 g/mol. The third-order valence-electron chi connectivity index (χ3n) is 6.84. The Balaban J connectivity index is 1.43. The number of fused-ring (bicyclic) bond motifs is 4. The van der Waals surface area contributed by atoms with Gasteiger partial charge in [-0.3, -0.25) is 4.90 Å². The van der Waals surface area contributed by atoms with Crippen LogP contribution in [0.3, 0.4) is 0 Å². The van der Waals surface area contributed by atoms with Crippen molar-refractivity contribution >= 4 is 11.2 Å². The maximum Gasteiger partial charge on any atom is 0.318 e. The number of aromatic nitrogens is 4. The third kappa shape index (κ3) is 4.40. The van der Waals surface area contributed by atoms with Crippen molar-refractivity contribution in [2.45, 2.75) is 52.7 Å². The van der Waals surface area contributed by atoms with Crippen LogP contribution in [-0.2, 0) is 13.0 Å². The largest absolute Gasteiger partial charge is 0.489 e. The maximum absolute atomic E-state index is 15.2. The molecule has 1 atom stereocenters. The van der Waals surface area contributed by atoms with Crippen molar-refractivity contribution in [1.82, 2.24) is 24.4 Å². The van der Waals surface area contributed by atoms with Crippen molar-refractivity contribution in [3.05, 3.63) is 41.1 Å². The van der Waals surface area contributed by atoms with E-state index in [1.165, 1.54) is 18.9 Å². The van der Waals surface area contributed by atoms with Crippen LogP contribution in [0.1, 0.15) is 43.8 Å². The lowest BCUT2D eigenvalue weighted by molar-refractivity contribution is -0.00789. The highest BCUT2D eigenvalue weighted by molar-refractivity contribution is 5.74. The summed E-state index contributed by atoms with van der Waals surface area (Å²) < 4.78 is 28.7. The lowest BCUT2D eigenvalue weighted by atomic mass is 9.86. The maximum atomic E-state index is 15.2. The standard InChI is InChI=1S/C25H32FN5O2/c1-15(2)11-22-28-23-16(3)27-25(32-4)29-24(23)31(22)13-18-5-6-19(12-20(18)26)33-21-14-30-9-7-17(21)8-10-30/h5-6,12,15,17,21H,7-11,13-14H2,1-4H3/t21-/m1/s1. The van der Waals surface area contributed by atoms with Crippen LogP contribution in [0.25, 0.3) is 11.2 Å². The first-order valence-corrected chi connectivity index (χ1v) is 11.9. The summed E-state index contributed by atoms with van der Waals surface area (Å²) in [4.78, 5) is 16.1. The molecule has 2 aromatic heterocycles. The second-order valence-corrected chi connectivity index (χ2v) is 9.73. The molecule has 0 amide bonds. The Kier molecular flexibility index (Phi) is 5.95. The zero-order valence-electron chi connectivity index (χ0n) is 19.8. The van der Waals surface area contributed by atoms with Crippen molar-refractivity contribution < 1.29 is 13.9 Å². The van der Waals surface area contributed by atoms with Gasteiger partial charge in [0.15, 0.2) is 5.65 Å². The van der Waals surface area contributed by atoms with Crippen LogP contribution in [0, 0.1) is 24.6 Å². The molecule has 5 heterocycles. The van der Waals surface area contributed by atoms with E-state index in [1.54, 1.807) is 7.11 Å². The minimum absolute atomic E-state index is 0.153. The van der Waals surface area contributed by atoms with Gasteiger partial charge >= 0.3 is 6.01 Å². The fourth-order valence-corrected chi connectivity index (χ4v) is 5.05. The summed E-state index contributed by atoms with van der Waals surface area (Å²) in [5.74, 6) is 2.18. The number of halogens is 1. The number of imidazole rings is 1. The van der Waals surface area contributed by atoms with Crippen LogP contribution in [0.5, 0.6) is 11.8 Å². The smallest absolute Gasteiger partial charge is 0.318 e. The molecule has 1 aromatic carbocycles. The molecule has 7 nitrogen and oxygen atoms in total. The predicted octanol–water partition coefficient (Wildman–Crippen LogP) is 4.00. The molecule has 33 heavy (non-hydrogen) atoms. The van der Waals surface area contributed by atoms with E-state index in [2.05, 4.69) is 28.7 Å². The van der Waals surface area contributed by atoms with Crippen LogP contribution in [0.15, 0.2) is 18.2 Å². The number of hydrogen-bond donors (Lipinski definition) is 0. The first-order valence-electron chi connectivity index (χ1n) is 11.9. The summed E-state index contributed by atoms with van der Waals surface area (Å²) in [5.41, 5.74) is 2.73. The van der Waals surface area contributed by atoms with E-state index in [9.17, 15) is 0 Å². The Morgan fingerprint density at radius 1 is 1.15 bits per heavy atom. The van der Waals surface area contributed by atoms with Crippen LogP contribution < -0.4 is 9.47 Å². The fraction of sp³-hybridized carbons (Fsp3) is 0.560. The molecule has 3 fully saturated rings. The van der Waals surface area contributed by atoms with Gasteiger partial charge in [-0.05, 0) is 50.8 Å². The Morgan fingerprint density at radius 3 is 2.58 bits per heavy atom. The van der Waals surface area contributed by atoms with E-state index in [0.29, 0.717) is 41.4 Å². The summed E-state index contributed by atoms with van der Waals surface area (Å²) in [7, 11) is 1.55. The van der Waals surface area contributed by atoms with Crippen molar-refractivity contribution in [2.24, 2.45) is 11.8 Å². The summed E-state index contributed by atoms with van der Waals surface area (Å²) in [6.07, 6.45) is 3.26. The Morgan fingerprint density at radius 2 is 1.94 bits per heavy atom. The number of piperidine rings is 3. The van der Waals surface area contributed by atoms with E-state index in [0.717, 1.165) is 43.1 Å². The third-order valence-corrected chi connectivity index (χ3v) is 6.84. The number of hydrogen-bond acceptors (Lipinski definition) is 6. The molecule has 3 aromatic rings. The highest BCUT2D eigenvalue weighted by Gasteiger charge is 2.35. The molecule has 0 unspecified atom stereocenters. The van der Waals surface area contributed by atoms with Crippen LogP contribution in [-0.4, -0.2) is 57.3 Å². The van der Waals surface area contributed by atoms with E-state index >= 15 is 4.39 Å². The van der Waals surface area contributed by atoms with Gasteiger partial charge in [-0.1, -0.05) is 19.9 Å². The number of aryl methyl sites for hydroxylation is 1. The van der Waals surface area contributed by atoms with Crippen LogP contribution in [0.4, 0.5) is 4.39 Å². The second-order valence-electron chi connectivity index (χ2n) is 9.73. The van der Waals surface area contributed by atoms with E-state index in [1.807, 2.05) is 23.6 Å². The number of rotatable bonds is 7. The molecule has 0 saturated carbocycles. The molecule has 0 spiro atoms. The molecule has 0 radical (unpaired) electrons. The number of nitrogens with zero attached hydrogens (tertiary/aromatic N) is 5. The Bertz CT molecular complexity index is 1150. The Labute approximate surface area is 193 Å². The first-order chi connectivity index (χ1) is 15.9. The highest BCUT2D eigenvalue weighted by Crippen LogP contribution is 2.31. The molecule has 3 aliphatic heterocycles. The van der Waals surface area contributed by atoms with Gasteiger partial charge in [0.25, 0.3) is 0 Å². The number of benzene rings is 1. The van der Waals surface area contributed by atoms with Gasteiger partial charge < -0.3 is 14.0 Å². The first kappa shape index (κ1) is 22.1. The van der Waals surface area contributed by atoms with Gasteiger partial charge in [0.2, 0.25) is 0 Å². The quantitative estimate of drug-likeness (QED) is 0.539. The SMILES string of the molecule is COc1nc(C)c2nc(CC(C)C)n(Cc3ccc(O[C@@H]4CN5CCC4CC5)cc3F)c2n1. The van der Waals surface area contributed by atoms with E-state index in [4.69, 9.17) is 14.5 Å². The van der Waals surface area contributed by atoms with Crippen LogP contribution >= 0.6 is 0 Å². The molecule has 8 heteroatoms. The molecule has 6 rings (SSSR count). The molecule has 0 aliphatic carbocycles. The lowest BCUT2D eigenvalue weighted by Crippen LogP contribution is -2.52. The molecular formula is C25H32FN5O2. The van der Waals surface area contributed by atoms with Gasteiger partial charge in [0, 0.05) is 24.6 Å². The minimum atomic E-state index is -0.274. The lowest BCUT2D eigenvalue weighted by Gasteiger charge is -2.44. The van der Waals surface area contributed by atoms with Gasteiger partial charge in [0.05, 0.1) is 19.3 Å². The predicted molar refractivity (Wildman–Crippen MR) is 124 cm³/mol. The van der Waals surface area contributed by atoms with Gasteiger partial charge in [-0.15, -0.1) is 0 Å². The van der Waals surface area contributed by atoms with Crippen molar-refractivity contribution in [2.75, 3.05) is 26.7 Å².